The third kappa shape index (κ3) is 5.74. The number of hydrogen-bond acceptors (Lipinski definition) is 10. The smallest absolute Gasteiger partial charge is 0.439 e. The van der Waals surface area contributed by atoms with Crippen LogP contribution in [0.1, 0.15) is 59.9 Å². The molecule has 0 radical (unpaired) electrons. The highest BCUT2D eigenvalue weighted by atomic mass is 19.1. The van der Waals surface area contributed by atoms with E-state index in [0.717, 1.165) is 54.4 Å². The van der Waals surface area contributed by atoms with Crippen molar-refractivity contribution in [2.75, 3.05) is 20.2 Å². The van der Waals surface area contributed by atoms with E-state index in [9.17, 15) is 9.59 Å². The van der Waals surface area contributed by atoms with Gasteiger partial charge in [0.25, 0.3) is 5.79 Å². The van der Waals surface area contributed by atoms with Gasteiger partial charge in [-0.15, -0.1) is 0 Å². The number of carbonyl (C=O) groups is 1. The molecule has 3 aromatic heterocycles. The Morgan fingerprint density at radius 2 is 2.02 bits per heavy atom. The van der Waals surface area contributed by atoms with Crippen LogP contribution in [0.2, 0.25) is 0 Å². The number of nitrogens with zero attached hydrogens (tertiary/aromatic N) is 5. The number of nitrogens with one attached hydrogen (secondary N) is 1. The highest BCUT2D eigenvalue weighted by molar-refractivity contribution is 5.92. The number of nitrogens with two attached hydrogens (primary N) is 1. The fourth-order valence-corrected chi connectivity index (χ4v) is 6.42. The molecule has 244 valence electrons. The van der Waals surface area contributed by atoms with Crippen molar-refractivity contribution in [2.24, 2.45) is 5.73 Å². The van der Waals surface area contributed by atoms with Crippen LogP contribution < -0.4 is 21.0 Å². The van der Waals surface area contributed by atoms with Crippen LogP contribution in [0.3, 0.4) is 0 Å². The number of aromatic amines is 1. The summed E-state index contributed by atoms with van der Waals surface area (Å²) >= 11 is 0. The van der Waals surface area contributed by atoms with Gasteiger partial charge in [-0.25, -0.2) is 14.2 Å². The predicted molar refractivity (Wildman–Crippen MR) is 167 cm³/mol. The Morgan fingerprint density at radius 3 is 2.72 bits per heavy atom. The molecule has 0 unspecified atom stereocenters. The van der Waals surface area contributed by atoms with Gasteiger partial charge in [-0.1, -0.05) is 17.3 Å². The molecule has 5 heterocycles. The molecule has 5 aromatic rings. The molecule has 0 saturated carbocycles. The number of likely N-dealkylation sites (tertiary alicyclic amines) is 1. The van der Waals surface area contributed by atoms with E-state index >= 15 is 4.39 Å². The van der Waals surface area contributed by atoms with Crippen molar-refractivity contribution in [2.45, 2.75) is 57.6 Å². The maximum absolute atomic E-state index is 15.1. The molecule has 7 rings (SSSR count). The number of fused-ring (bicyclic) bond motifs is 2. The Morgan fingerprint density at radius 1 is 1.21 bits per heavy atom. The first-order valence-corrected chi connectivity index (χ1v) is 15.4. The molecular weight excluding hydrogens is 609 g/mol. The number of piperidine rings is 1. The van der Waals surface area contributed by atoms with Gasteiger partial charge in [-0.3, -0.25) is 24.2 Å². The van der Waals surface area contributed by atoms with E-state index in [0.29, 0.717) is 30.3 Å². The topological polar surface area (TPSA) is 164 Å². The minimum atomic E-state index is -1.39. The molecule has 0 aliphatic carbocycles. The van der Waals surface area contributed by atoms with Crippen LogP contribution in [0.4, 0.5) is 4.39 Å². The first kappa shape index (κ1) is 30.6. The number of pyridine rings is 1. The quantitative estimate of drug-likeness (QED) is 0.239. The Balaban J connectivity index is 1.08. The number of methoxy groups -OCH3 is 1. The summed E-state index contributed by atoms with van der Waals surface area (Å²) in [5.74, 6) is -0.885. The highest BCUT2D eigenvalue weighted by Gasteiger charge is 2.43. The number of para-hydroxylation sites is 1. The number of aromatic nitrogens is 5. The number of benzene rings is 2. The van der Waals surface area contributed by atoms with Gasteiger partial charge < -0.3 is 24.5 Å². The number of rotatable bonds is 9. The number of H-pyrrole nitrogens is 1. The summed E-state index contributed by atoms with van der Waals surface area (Å²) in [4.78, 5) is 37.3. The molecule has 1 saturated heterocycles. The number of ether oxygens (including phenoxy) is 3. The molecule has 3 N–H and O–H groups in total. The summed E-state index contributed by atoms with van der Waals surface area (Å²) in [5, 5.41) is 3.75. The largest absolute Gasteiger partial charge is 0.444 e. The Bertz CT molecular complexity index is 2030. The van der Waals surface area contributed by atoms with Crippen LogP contribution in [0, 0.1) is 5.82 Å². The van der Waals surface area contributed by atoms with Gasteiger partial charge in [0.2, 0.25) is 11.7 Å². The van der Waals surface area contributed by atoms with Crippen molar-refractivity contribution in [3.63, 3.8) is 0 Å². The Kier molecular flexibility index (Phi) is 7.76. The van der Waals surface area contributed by atoms with Crippen LogP contribution >= 0.6 is 0 Å². The summed E-state index contributed by atoms with van der Waals surface area (Å²) in [6.45, 7) is 6.53. The third-order valence-corrected chi connectivity index (χ3v) is 8.98. The Hall–Kier alpha value is -5.08. The lowest BCUT2D eigenvalue weighted by Gasteiger charge is -2.32. The van der Waals surface area contributed by atoms with E-state index in [4.69, 9.17) is 24.9 Å². The number of hydrogen-bond donors (Lipinski definition) is 2. The summed E-state index contributed by atoms with van der Waals surface area (Å²) in [5.41, 5.74) is 8.64. The molecule has 2 atom stereocenters. The van der Waals surface area contributed by atoms with E-state index in [1.807, 2.05) is 25.1 Å². The standard InChI is InChI=1S/C33H34FN7O6/c1-18(44-3)16-41-26-15-36-25(31-38-32(43)47-39-31)14-24(26)37-28(41)17-40-11-9-19(10-12-40)21-5-4-6-27-29(21)46-33(2,45-27)22-8-7-20(30(35)42)13-23(22)34/h4-8,13-15,18-19H,9-12,16-17H2,1-3H3,(H2,35,42)(H,38,39,43)/t18-,33-/m0/s1. The number of halogens is 1. The fourth-order valence-electron chi connectivity index (χ4n) is 6.42. The average Bonchev–Trinajstić information content (AvgIpc) is 3.75. The van der Waals surface area contributed by atoms with Crippen molar-refractivity contribution in [1.82, 2.24) is 29.6 Å². The van der Waals surface area contributed by atoms with Crippen molar-refractivity contribution in [3.8, 4) is 23.0 Å². The van der Waals surface area contributed by atoms with Gasteiger partial charge in [0.05, 0.1) is 42.0 Å². The van der Waals surface area contributed by atoms with Crippen LogP contribution in [0.5, 0.6) is 11.5 Å². The second kappa shape index (κ2) is 11.9. The number of imidazole rings is 1. The molecule has 2 aliphatic rings. The van der Waals surface area contributed by atoms with E-state index in [1.54, 1.807) is 26.3 Å². The van der Waals surface area contributed by atoms with Crippen LogP contribution in [0.25, 0.3) is 22.6 Å². The predicted octanol–water partition coefficient (Wildman–Crippen LogP) is 4.07. The fraction of sp³-hybridized carbons (Fsp3) is 0.364. The molecule has 0 spiro atoms. The number of carbonyl (C=O) groups excluding carboxylic acids is 1. The molecule has 47 heavy (non-hydrogen) atoms. The lowest BCUT2D eigenvalue weighted by Crippen LogP contribution is -2.34. The molecule has 0 bridgehead atoms. The van der Waals surface area contributed by atoms with Gasteiger partial charge in [-0.2, -0.15) is 0 Å². The second-order valence-corrected chi connectivity index (χ2v) is 12.1. The zero-order valence-corrected chi connectivity index (χ0v) is 26.2. The van der Waals surface area contributed by atoms with Gasteiger partial charge in [-0.05, 0) is 69.1 Å². The first-order valence-electron chi connectivity index (χ1n) is 15.4. The molecule has 2 aromatic carbocycles. The lowest BCUT2D eigenvalue weighted by atomic mass is 9.88. The van der Waals surface area contributed by atoms with Crippen molar-refractivity contribution in [1.29, 1.82) is 0 Å². The van der Waals surface area contributed by atoms with E-state index < -0.39 is 23.3 Å². The monoisotopic (exact) mass is 643 g/mol. The maximum Gasteiger partial charge on any atom is 0.439 e. The first-order chi connectivity index (χ1) is 22.6. The van der Waals surface area contributed by atoms with E-state index in [2.05, 4.69) is 29.1 Å². The zero-order valence-electron chi connectivity index (χ0n) is 26.2. The SMILES string of the molecule is CO[C@@H](C)Cn1c(CN2CCC(c3cccc4c3O[C@@](C)(c3ccc(C(N)=O)cc3F)O4)CC2)nc2cc(-c3noc(=O)[nH]3)ncc21. The number of primary amides is 1. The van der Waals surface area contributed by atoms with Crippen LogP contribution in [-0.4, -0.2) is 61.8 Å². The third-order valence-electron chi connectivity index (χ3n) is 8.98. The molecule has 1 fully saturated rings. The summed E-state index contributed by atoms with van der Waals surface area (Å²) < 4.78 is 40.0. The summed E-state index contributed by atoms with van der Waals surface area (Å²) in [6, 6.07) is 11.6. The normalized spacial score (nSPS) is 19.0. The summed E-state index contributed by atoms with van der Waals surface area (Å²) in [7, 11) is 1.68. The molecule has 1 amide bonds. The van der Waals surface area contributed by atoms with E-state index in [-0.39, 0.29) is 29.0 Å². The van der Waals surface area contributed by atoms with Crippen molar-refractivity contribution >= 4 is 16.9 Å². The minimum absolute atomic E-state index is 0.0499. The molecule has 13 nitrogen and oxygen atoms in total. The summed E-state index contributed by atoms with van der Waals surface area (Å²) in [6.07, 6.45) is 3.43. The van der Waals surface area contributed by atoms with Crippen molar-refractivity contribution < 1.29 is 27.9 Å². The van der Waals surface area contributed by atoms with Crippen LogP contribution in [-0.2, 0) is 23.6 Å². The van der Waals surface area contributed by atoms with Crippen molar-refractivity contribution in [3.05, 3.63) is 87.5 Å². The minimum Gasteiger partial charge on any atom is -0.444 e. The second-order valence-electron chi connectivity index (χ2n) is 12.1. The zero-order chi connectivity index (χ0) is 32.9. The molecular formula is C33H34FN7O6. The van der Waals surface area contributed by atoms with Gasteiger partial charge in [0, 0.05) is 25.2 Å². The number of amides is 1. The Labute approximate surface area is 268 Å². The average molecular weight is 644 g/mol. The van der Waals surface area contributed by atoms with Crippen LogP contribution in [0.15, 0.2) is 58.0 Å². The lowest BCUT2D eigenvalue weighted by molar-refractivity contribution is -0.0712. The maximum atomic E-state index is 15.1. The molecule has 2 aliphatic heterocycles. The van der Waals surface area contributed by atoms with Gasteiger partial charge in [0.15, 0.2) is 11.5 Å². The highest BCUT2D eigenvalue weighted by Crippen LogP contribution is 2.49. The molecule has 14 heteroatoms. The van der Waals surface area contributed by atoms with Gasteiger partial charge in [0.1, 0.15) is 17.3 Å². The van der Waals surface area contributed by atoms with E-state index in [1.165, 1.54) is 12.1 Å². The van der Waals surface area contributed by atoms with Gasteiger partial charge >= 0.3 is 5.76 Å².